The Hall–Kier alpha value is -2.13. The van der Waals surface area contributed by atoms with Gasteiger partial charge in [-0.1, -0.05) is 42.1 Å². The van der Waals surface area contributed by atoms with Gasteiger partial charge in [0.05, 0.1) is 18.0 Å². The van der Waals surface area contributed by atoms with Gasteiger partial charge in [0.2, 0.25) is 0 Å². The number of halogens is 1. The highest BCUT2D eigenvalue weighted by atomic mass is 79.9. The maximum absolute atomic E-state index is 12.7. The average molecular weight is 416 g/mol. The van der Waals surface area contributed by atoms with Crippen molar-refractivity contribution in [3.8, 4) is 11.8 Å². The van der Waals surface area contributed by atoms with E-state index in [9.17, 15) is 10.1 Å². The van der Waals surface area contributed by atoms with E-state index < -0.39 is 5.97 Å². The second-order valence-electron chi connectivity index (χ2n) is 6.58. The van der Waals surface area contributed by atoms with Gasteiger partial charge in [-0.05, 0) is 43.5 Å². The van der Waals surface area contributed by atoms with E-state index in [4.69, 9.17) is 9.84 Å². The summed E-state index contributed by atoms with van der Waals surface area (Å²) in [5.74, 6) is -0.215. The Morgan fingerprint density at radius 3 is 2.65 bits per heavy atom. The topological polar surface area (TPSA) is 67.9 Å². The van der Waals surface area contributed by atoms with Gasteiger partial charge in [0, 0.05) is 10.4 Å². The minimum Gasteiger partial charge on any atom is -0.462 e. The Balaban J connectivity index is 2.05. The standard InChI is InChI=1S/C20H22BrN3O2/c1-2-3-12-26-20(25)18-17(13-22)24(16-10-8-15(21)9-11-16)23-19(18)14-6-4-5-7-14/h8-11,14H,2-7,12H2,1H3. The first-order chi connectivity index (χ1) is 12.7. The molecule has 1 aromatic carbocycles. The van der Waals surface area contributed by atoms with Crippen molar-refractivity contribution in [1.82, 2.24) is 9.78 Å². The third kappa shape index (κ3) is 3.83. The van der Waals surface area contributed by atoms with Gasteiger partial charge in [-0.25, -0.2) is 9.48 Å². The van der Waals surface area contributed by atoms with E-state index in [1.165, 1.54) is 0 Å². The summed E-state index contributed by atoms with van der Waals surface area (Å²) in [5, 5.41) is 14.5. The molecule has 1 heterocycles. The van der Waals surface area contributed by atoms with Crippen molar-refractivity contribution in [3.05, 3.63) is 45.7 Å². The van der Waals surface area contributed by atoms with Crippen LogP contribution in [-0.2, 0) is 4.74 Å². The van der Waals surface area contributed by atoms with Gasteiger partial charge < -0.3 is 4.74 Å². The van der Waals surface area contributed by atoms with E-state index in [1.54, 1.807) is 4.68 Å². The average Bonchev–Trinajstić information content (AvgIpc) is 3.29. The van der Waals surface area contributed by atoms with Crippen molar-refractivity contribution in [3.63, 3.8) is 0 Å². The van der Waals surface area contributed by atoms with Crippen LogP contribution in [0.1, 0.15) is 73.1 Å². The molecule has 0 aliphatic heterocycles. The zero-order chi connectivity index (χ0) is 18.5. The molecule has 1 saturated carbocycles. The summed E-state index contributed by atoms with van der Waals surface area (Å²) in [6.07, 6.45) is 6.01. The van der Waals surface area contributed by atoms with Crippen LogP contribution >= 0.6 is 15.9 Å². The molecule has 2 aromatic rings. The SMILES string of the molecule is CCCCOC(=O)c1c(C2CCCC2)nn(-c2ccc(Br)cc2)c1C#N. The third-order valence-corrected chi connectivity index (χ3v) is 5.30. The highest BCUT2D eigenvalue weighted by molar-refractivity contribution is 9.10. The Labute approximate surface area is 162 Å². The van der Waals surface area contributed by atoms with E-state index >= 15 is 0 Å². The Kier molecular flexibility index (Phi) is 6.10. The molecule has 1 fully saturated rings. The minimum atomic E-state index is -0.430. The molecule has 0 amide bonds. The van der Waals surface area contributed by atoms with E-state index in [0.717, 1.165) is 48.7 Å². The summed E-state index contributed by atoms with van der Waals surface area (Å²) < 4.78 is 7.95. The lowest BCUT2D eigenvalue weighted by molar-refractivity contribution is 0.0497. The largest absolute Gasteiger partial charge is 0.462 e. The summed E-state index contributed by atoms with van der Waals surface area (Å²) in [5.41, 5.74) is 2.08. The fourth-order valence-corrected chi connectivity index (χ4v) is 3.64. The number of aromatic nitrogens is 2. The van der Waals surface area contributed by atoms with E-state index in [0.29, 0.717) is 17.9 Å². The summed E-state index contributed by atoms with van der Waals surface area (Å²) >= 11 is 3.42. The van der Waals surface area contributed by atoms with Crippen molar-refractivity contribution in [2.45, 2.75) is 51.4 Å². The van der Waals surface area contributed by atoms with Crippen molar-refractivity contribution in [2.75, 3.05) is 6.61 Å². The molecule has 5 nitrogen and oxygen atoms in total. The smallest absolute Gasteiger partial charge is 0.343 e. The number of carbonyl (C=O) groups is 1. The summed E-state index contributed by atoms with van der Waals surface area (Å²) in [4.78, 5) is 12.7. The van der Waals surface area contributed by atoms with Gasteiger partial charge in [-0.15, -0.1) is 0 Å². The molecule has 136 valence electrons. The first-order valence-electron chi connectivity index (χ1n) is 9.11. The molecular weight excluding hydrogens is 394 g/mol. The second-order valence-corrected chi connectivity index (χ2v) is 7.50. The lowest BCUT2D eigenvalue weighted by Gasteiger charge is -2.08. The normalized spacial score (nSPS) is 14.3. The van der Waals surface area contributed by atoms with Gasteiger partial charge in [0.1, 0.15) is 11.6 Å². The van der Waals surface area contributed by atoms with Crippen LogP contribution in [0, 0.1) is 11.3 Å². The number of ether oxygens (including phenoxy) is 1. The molecule has 1 aromatic heterocycles. The first-order valence-corrected chi connectivity index (χ1v) is 9.91. The molecule has 0 N–H and O–H groups in total. The predicted octanol–water partition coefficient (Wildman–Crippen LogP) is 5.12. The number of unbranched alkanes of at least 4 members (excludes halogenated alkanes) is 1. The fraction of sp³-hybridized carbons (Fsp3) is 0.450. The van der Waals surface area contributed by atoms with Crippen LogP contribution in [-0.4, -0.2) is 22.4 Å². The number of hydrogen-bond acceptors (Lipinski definition) is 4. The second kappa shape index (κ2) is 8.50. The number of hydrogen-bond donors (Lipinski definition) is 0. The summed E-state index contributed by atoms with van der Waals surface area (Å²) in [7, 11) is 0. The molecule has 3 rings (SSSR count). The quantitative estimate of drug-likeness (QED) is 0.484. The van der Waals surface area contributed by atoms with Gasteiger partial charge in [0.15, 0.2) is 5.69 Å². The summed E-state index contributed by atoms with van der Waals surface area (Å²) in [6, 6.07) is 9.73. The number of nitrogens with zero attached hydrogens (tertiary/aromatic N) is 3. The molecule has 0 saturated heterocycles. The molecule has 1 aliphatic rings. The molecule has 0 spiro atoms. The van der Waals surface area contributed by atoms with Crippen molar-refractivity contribution in [2.24, 2.45) is 0 Å². The third-order valence-electron chi connectivity index (χ3n) is 4.77. The minimum absolute atomic E-state index is 0.215. The van der Waals surface area contributed by atoms with Crippen molar-refractivity contribution < 1.29 is 9.53 Å². The van der Waals surface area contributed by atoms with Crippen LogP contribution < -0.4 is 0 Å². The molecule has 1 aliphatic carbocycles. The highest BCUT2D eigenvalue weighted by Crippen LogP contribution is 2.37. The molecular formula is C20H22BrN3O2. The van der Waals surface area contributed by atoms with Crippen LogP contribution in [0.2, 0.25) is 0 Å². The molecule has 0 atom stereocenters. The highest BCUT2D eigenvalue weighted by Gasteiger charge is 2.31. The maximum Gasteiger partial charge on any atom is 0.343 e. The number of carbonyl (C=O) groups excluding carboxylic acids is 1. The Morgan fingerprint density at radius 1 is 1.35 bits per heavy atom. The van der Waals surface area contributed by atoms with Crippen LogP contribution in [0.3, 0.4) is 0 Å². The molecule has 0 radical (unpaired) electrons. The van der Waals surface area contributed by atoms with Crippen LogP contribution in [0.5, 0.6) is 0 Å². The lowest BCUT2D eigenvalue weighted by Crippen LogP contribution is -2.11. The van der Waals surface area contributed by atoms with Crippen LogP contribution in [0.4, 0.5) is 0 Å². The predicted molar refractivity (Wildman–Crippen MR) is 102 cm³/mol. The van der Waals surface area contributed by atoms with Gasteiger partial charge in [-0.2, -0.15) is 10.4 Å². The molecule has 6 heteroatoms. The van der Waals surface area contributed by atoms with Gasteiger partial charge in [0.25, 0.3) is 0 Å². The monoisotopic (exact) mass is 415 g/mol. The first kappa shape index (κ1) is 18.7. The fourth-order valence-electron chi connectivity index (χ4n) is 3.37. The number of rotatable bonds is 6. The number of esters is 1. The van der Waals surface area contributed by atoms with E-state index in [2.05, 4.69) is 22.0 Å². The molecule has 0 unspecified atom stereocenters. The molecule has 26 heavy (non-hydrogen) atoms. The lowest BCUT2D eigenvalue weighted by atomic mass is 9.99. The Morgan fingerprint density at radius 2 is 2.04 bits per heavy atom. The van der Waals surface area contributed by atoms with Gasteiger partial charge in [-0.3, -0.25) is 0 Å². The van der Waals surface area contributed by atoms with Crippen molar-refractivity contribution >= 4 is 21.9 Å². The zero-order valence-corrected chi connectivity index (χ0v) is 16.5. The van der Waals surface area contributed by atoms with Crippen LogP contribution in [0.15, 0.2) is 28.7 Å². The summed E-state index contributed by atoms with van der Waals surface area (Å²) in [6.45, 7) is 2.41. The van der Waals surface area contributed by atoms with Gasteiger partial charge >= 0.3 is 5.97 Å². The molecule has 0 bridgehead atoms. The zero-order valence-electron chi connectivity index (χ0n) is 14.9. The Bertz CT molecular complexity index is 815. The van der Waals surface area contributed by atoms with E-state index in [-0.39, 0.29) is 11.6 Å². The maximum atomic E-state index is 12.7. The van der Waals surface area contributed by atoms with Crippen molar-refractivity contribution in [1.29, 1.82) is 5.26 Å². The van der Waals surface area contributed by atoms with Crippen LogP contribution in [0.25, 0.3) is 5.69 Å². The number of benzene rings is 1. The number of nitriles is 1. The van der Waals surface area contributed by atoms with E-state index in [1.807, 2.05) is 31.2 Å².